The Morgan fingerprint density at radius 3 is 2.78 bits per heavy atom. The standard InChI is InChI=1S/C23H13ClN4O4/c24-19-12-15(28(30)31)6-8-17(19)22-9-7-16(32-22)11-14(13-25)23(29)27-21-5-1-4-20-18(21)3-2-10-26-20/h1-12H,(H,27,29). The summed E-state index contributed by atoms with van der Waals surface area (Å²) in [6, 6.07) is 17.9. The third-order valence-corrected chi connectivity index (χ3v) is 4.91. The van der Waals surface area contributed by atoms with E-state index in [2.05, 4.69) is 10.3 Å². The minimum Gasteiger partial charge on any atom is -0.457 e. The lowest BCUT2D eigenvalue weighted by atomic mass is 10.1. The Morgan fingerprint density at radius 1 is 1.19 bits per heavy atom. The van der Waals surface area contributed by atoms with Gasteiger partial charge in [0.2, 0.25) is 0 Å². The van der Waals surface area contributed by atoms with Crippen molar-refractivity contribution in [1.29, 1.82) is 5.26 Å². The number of carbonyl (C=O) groups is 1. The average molecular weight is 445 g/mol. The maximum atomic E-state index is 12.7. The summed E-state index contributed by atoms with van der Waals surface area (Å²) in [6.45, 7) is 0. The zero-order chi connectivity index (χ0) is 22.7. The number of furan rings is 1. The second kappa shape index (κ2) is 8.71. The van der Waals surface area contributed by atoms with Crippen molar-refractivity contribution in [2.24, 2.45) is 0 Å². The van der Waals surface area contributed by atoms with Crippen molar-refractivity contribution in [3.63, 3.8) is 0 Å². The van der Waals surface area contributed by atoms with Crippen LogP contribution < -0.4 is 5.32 Å². The zero-order valence-electron chi connectivity index (χ0n) is 16.3. The number of carbonyl (C=O) groups excluding carboxylic acids is 1. The largest absolute Gasteiger partial charge is 0.457 e. The van der Waals surface area contributed by atoms with Crippen LogP contribution in [0.15, 0.2) is 76.9 Å². The summed E-state index contributed by atoms with van der Waals surface area (Å²) in [5, 5.41) is 24.0. The van der Waals surface area contributed by atoms with Crippen molar-refractivity contribution in [2.45, 2.75) is 0 Å². The molecule has 0 bridgehead atoms. The Hall–Kier alpha value is -4.48. The zero-order valence-corrected chi connectivity index (χ0v) is 17.0. The lowest BCUT2D eigenvalue weighted by molar-refractivity contribution is -0.384. The molecule has 0 unspecified atom stereocenters. The summed E-state index contributed by atoms with van der Waals surface area (Å²) in [5.41, 5.74) is 1.38. The highest BCUT2D eigenvalue weighted by molar-refractivity contribution is 6.33. The topological polar surface area (TPSA) is 122 Å². The number of hydrogen-bond donors (Lipinski definition) is 1. The maximum Gasteiger partial charge on any atom is 0.270 e. The fourth-order valence-electron chi connectivity index (χ4n) is 3.09. The molecule has 0 saturated heterocycles. The van der Waals surface area contributed by atoms with E-state index < -0.39 is 10.8 Å². The molecule has 4 rings (SSSR count). The van der Waals surface area contributed by atoms with Gasteiger partial charge in [0.05, 0.1) is 21.2 Å². The van der Waals surface area contributed by atoms with Gasteiger partial charge in [-0.25, -0.2) is 0 Å². The fraction of sp³-hybridized carbons (Fsp3) is 0. The molecule has 4 aromatic rings. The number of anilines is 1. The van der Waals surface area contributed by atoms with Crippen LogP contribution in [-0.2, 0) is 4.79 Å². The first-order valence-electron chi connectivity index (χ1n) is 9.27. The van der Waals surface area contributed by atoms with Gasteiger partial charge in [0, 0.05) is 35.4 Å². The molecule has 32 heavy (non-hydrogen) atoms. The van der Waals surface area contributed by atoms with Gasteiger partial charge in [0.15, 0.2) is 0 Å². The van der Waals surface area contributed by atoms with Gasteiger partial charge >= 0.3 is 0 Å². The highest BCUT2D eigenvalue weighted by atomic mass is 35.5. The van der Waals surface area contributed by atoms with Crippen LogP contribution in [-0.4, -0.2) is 15.8 Å². The van der Waals surface area contributed by atoms with Crippen LogP contribution in [0.5, 0.6) is 0 Å². The Balaban J connectivity index is 1.59. The number of fused-ring (bicyclic) bond motifs is 1. The van der Waals surface area contributed by atoms with Gasteiger partial charge in [-0.2, -0.15) is 5.26 Å². The minimum absolute atomic E-state index is 0.141. The van der Waals surface area contributed by atoms with Crippen molar-refractivity contribution in [3.05, 3.63) is 93.3 Å². The number of nitro benzene ring substituents is 1. The first-order chi connectivity index (χ1) is 15.5. The Labute approximate surface area is 186 Å². The van der Waals surface area contributed by atoms with Crippen LogP contribution in [0.4, 0.5) is 11.4 Å². The van der Waals surface area contributed by atoms with Gasteiger partial charge in [-0.3, -0.25) is 19.9 Å². The molecule has 0 aliphatic heterocycles. The summed E-state index contributed by atoms with van der Waals surface area (Å²) in [4.78, 5) is 27.2. The Bertz CT molecular complexity index is 1430. The van der Waals surface area contributed by atoms with Crippen LogP contribution in [0.3, 0.4) is 0 Å². The number of pyridine rings is 1. The van der Waals surface area contributed by atoms with E-state index in [-0.39, 0.29) is 22.0 Å². The van der Waals surface area contributed by atoms with Crippen molar-refractivity contribution >= 4 is 45.9 Å². The van der Waals surface area contributed by atoms with Gasteiger partial charge in [-0.05, 0) is 42.5 Å². The summed E-state index contributed by atoms with van der Waals surface area (Å²) < 4.78 is 5.68. The monoisotopic (exact) mass is 444 g/mol. The van der Waals surface area contributed by atoms with Crippen molar-refractivity contribution in [2.75, 3.05) is 5.32 Å². The average Bonchev–Trinajstić information content (AvgIpc) is 3.25. The summed E-state index contributed by atoms with van der Waals surface area (Å²) in [5.74, 6) is -0.00940. The van der Waals surface area contributed by atoms with E-state index in [1.165, 1.54) is 24.3 Å². The first kappa shape index (κ1) is 20.8. The van der Waals surface area contributed by atoms with Crippen LogP contribution in [0, 0.1) is 21.4 Å². The number of nitro groups is 1. The second-order valence-electron chi connectivity index (χ2n) is 6.62. The van der Waals surface area contributed by atoms with E-state index >= 15 is 0 Å². The van der Waals surface area contributed by atoms with E-state index in [9.17, 15) is 20.2 Å². The molecule has 156 valence electrons. The number of nitrogens with zero attached hydrogens (tertiary/aromatic N) is 3. The predicted molar refractivity (Wildman–Crippen MR) is 120 cm³/mol. The molecule has 9 heteroatoms. The maximum absolute atomic E-state index is 12.7. The third-order valence-electron chi connectivity index (χ3n) is 4.60. The van der Waals surface area contributed by atoms with Gasteiger partial charge < -0.3 is 9.73 Å². The van der Waals surface area contributed by atoms with Gasteiger partial charge in [-0.15, -0.1) is 0 Å². The normalized spacial score (nSPS) is 11.2. The molecule has 1 N–H and O–H groups in total. The van der Waals surface area contributed by atoms with Gasteiger partial charge in [0.25, 0.3) is 11.6 Å². The van der Waals surface area contributed by atoms with Crippen LogP contribution >= 0.6 is 11.6 Å². The highest BCUT2D eigenvalue weighted by Crippen LogP contribution is 2.32. The lowest BCUT2D eigenvalue weighted by Gasteiger charge is -2.07. The molecule has 2 aromatic heterocycles. The molecule has 2 heterocycles. The summed E-state index contributed by atoms with van der Waals surface area (Å²) in [6.07, 6.45) is 2.96. The molecular formula is C23H13ClN4O4. The fourth-order valence-corrected chi connectivity index (χ4v) is 3.35. The number of non-ortho nitro benzene ring substituents is 1. The quantitative estimate of drug-likeness (QED) is 0.185. The predicted octanol–water partition coefficient (Wildman–Crippen LogP) is 5.60. The third kappa shape index (κ3) is 4.19. The molecule has 2 aromatic carbocycles. The van der Waals surface area contributed by atoms with Crippen LogP contribution in [0.25, 0.3) is 28.3 Å². The Kier molecular flexibility index (Phi) is 5.66. The second-order valence-corrected chi connectivity index (χ2v) is 7.03. The Morgan fingerprint density at radius 2 is 2.03 bits per heavy atom. The number of hydrogen-bond acceptors (Lipinski definition) is 6. The van der Waals surface area contributed by atoms with Crippen molar-refractivity contribution in [1.82, 2.24) is 4.98 Å². The molecule has 0 radical (unpaired) electrons. The van der Waals surface area contributed by atoms with Gasteiger partial charge in [0.1, 0.15) is 23.2 Å². The van der Waals surface area contributed by atoms with E-state index in [1.807, 2.05) is 18.2 Å². The highest BCUT2D eigenvalue weighted by Gasteiger charge is 2.15. The van der Waals surface area contributed by atoms with Gasteiger partial charge in [-0.1, -0.05) is 17.7 Å². The number of halogens is 1. The minimum atomic E-state index is -0.602. The molecule has 0 atom stereocenters. The van der Waals surface area contributed by atoms with Crippen LogP contribution in [0.2, 0.25) is 5.02 Å². The molecule has 1 amide bonds. The molecule has 8 nitrogen and oxygen atoms in total. The molecule has 0 aliphatic carbocycles. The molecule has 0 spiro atoms. The van der Waals surface area contributed by atoms with E-state index in [0.717, 1.165) is 5.39 Å². The number of aromatic nitrogens is 1. The lowest BCUT2D eigenvalue weighted by Crippen LogP contribution is -2.13. The molecular weight excluding hydrogens is 432 g/mol. The number of nitrogens with one attached hydrogen (secondary N) is 1. The summed E-state index contributed by atoms with van der Waals surface area (Å²) >= 11 is 6.14. The van der Waals surface area contributed by atoms with Crippen molar-refractivity contribution < 1.29 is 14.1 Å². The molecule has 0 fully saturated rings. The number of rotatable bonds is 5. The van der Waals surface area contributed by atoms with Crippen molar-refractivity contribution in [3.8, 4) is 17.4 Å². The van der Waals surface area contributed by atoms with E-state index in [0.29, 0.717) is 22.5 Å². The van der Waals surface area contributed by atoms with E-state index in [4.69, 9.17) is 16.0 Å². The number of benzene rings is 2. The number of nitriles is 1. The molecule has 0 saturated carbocycles. The van der Waals surface area contributed by atoms with Crippen LogP contribution in [0.1, 0.15) is 5.76 Å². The molecule has 0 aliphatic rings. The number of amides is 1. The summed E-state index contributed by atoms with van der Waals surface area (Å²) in [7, 11) is 0. The first-order valence-corrected chi connectivity index (χ1v) is 9.65. The SMILES string of the molecule is N#CC(=Cc1ccc(-c2ccc([N+](=O)[O-])cc2Cl)o1)C(=O)Nc1cccc2ncccc12. The smallest absolute Gasteiger partial charge is 0.270 e. The van der Waals surface area contributed by atoms with E-state index in [1.54, 1.807) is 36.5 Å².